The molecule has 20 heavy (non-hydrogen) atoms. The highest BCUT2D eigenvalue weighted by Gasteiger charge is 2.17. The highest BCUT2D eigenvalue weighted by molar-refractivity contribution is 5.84. The van der Waals surface area contributed by atoms with Crippen molar-refractivity contribution in [2.24, 2.45) is 5.92 Å². The monoisotopic (exact) mass is 278 g/mol. The van der Waals surface area contributed by atoms with Crippen LogP contribution in [0, 0.1) is 5.92 Å². The minimum absolute atomic E-state index is 0.526. The zero-order valence-corrected chi connectivity index (χ0v) is 12.5. The largest absolute Gasteiger partial charge is 0.383 e. The molecule has 2 heterocycles. The van der Waals surface area contributed by atoms with Crippen LogP contribution in [-0.2, 0) is 4.74 Å². The summed E-state index contributed by atoms with van der Waals surface area (Å²) in [6.07, 6.45) is 1.65. The molecule has 0 aliphatic heterocycles. The maximum Gasteiger partial charge on any atom is 0.226 e. The molecule has 0 amide bonds. The van der Waals surface area contributed by atoms with Gasteiger partial charge in [0, 0.05) is 27.2 Å². The number of rotatable bonds is 7. The van der Waals surface area contributed by atoms with Gasteiger partial charge < -0.3 is 19.9 Å². The van der Waals surface area contributed by atoms with Crippen LogP contribution in [0.25, 0.3) is 11.2 Å². The van der Waals surface area contributed by atoms with Crippen molar-refractivity contribution >= 4 is 22.9 Å². The molecule has 0 aliphatic carbocycles. The van der Waals surface area contributed by atoms with Crippen LogP contribution < -0.4 is 10.2 Å². The third-order valence-electron chi connectivity index (χ3n) is 2.94. The summed E-state index contributed by atoms with van der Waals surface area (Å²) in [5.74, 6) is 1.96. The summed E-state index contributed by atoms with van der Waals surface area (Å²) in [5, 5.41) is 2.98. The lowest BCUT2D eigenvalue weighted by atomic mass is 10.2. The van der Waals surface area contributed by atoms with Gasteiger partial charge in [0.25, 0.3) is 0 Å². The van der Waals surface area contributed by atoms with E-state index in [9.17, 15) is 0 Å². The first-order valence-corrected chi connectivity index (χ1v) is 6.78. The summed E-state index contributed by atoms with van der Waals surface area (Å²) in [7, 11) is 3.51. The van der Waals surface area contributed by atoms with Crippen LogP contribution in [0.15, 0.2) is 6.33 Å². The van der Waals surface area contributed by atoms with Gasteiger partial charge in [0.15, 0.2) is 11.5 Å². The summed E-state index contributed by atoms with van der Waals surface area (Å²) < 4.78 is 5.20. The highest BCUT2D eigenvalue weighted by atomic mass is 16.5. The Labute approximate surface area is 118 Å². The fraction of sp³-hybridized carbons (Fsp3) is 0.615. The van der Waals surface area contributed by atoms with E-state index >= 15 is 0 Å². The van der Waals surface area contributed by atoms with E-state index in [-0.39, 0.29) is 0 Å². The normalized spacial score (nSPS) is 11.2. The number of anilines is 2. The fourth-order valence-corrected chi connectivity index (χ4v) is 2.08. The van der Waals surface area contributed by atoms with Gasteiger partial charge in [0.05, 0.1) is 12.9 Å². The number of fused-ring (bicyclic) bond motifs is 1. The number of aromatic amines is 1. The third-order valence-corrected chi connectivity index (χ3v) is 2.94. The van der Waals surface area contributed by atoms with Crippen molar-refractivity contribution in [2.45, 2.75) is 13.8 Å². The molecule has 2 rings (SSSR count). The molecule has 2 aromatic rings. The number of aromatic nitrogens is 4. The summed E-state index contributed by atoms with van der Waals surface area (Å²) in [5.41, 5.74) is 1.53. The van der Waals surface area contributed by atoms with E-state index in [1.54, 1.807) is 20.5 Å². The average molecular weight is 278 g/mol. The minimum Gasteiger partial charge on any atom is -0.383 e. The van der Waals surface area contributed by atoms with Crippen molar-refractivity contribution in [3.8, 4) is 0 Å². The molecule has 2 aromatic heterocycles. The molecule has 0 spiro atoms. The Hall–Kier alpha value is -1.89. The predicted molar refractivity (Wildman–Crippen MR) is 80.2 cm³/mol. The second-order valence-corrected chi connectivity index (χ2v) is 5.05. The first-order chi connectivity index (χ1) is 9.65. The molecule has 7 heteroatoms. The van der Waals surface area contributed by atoms with Gasteiger partial charge in [0.1, 0.15) is 5.52 Å². The van der Waals surface area contributed by atoms with Crippen LogP contribution >= 0.6 is 0 Å². The molecule has 110 valence electrons. The zero-order chi connectivity index (χ0) is 14.5. The van der Waals surface area contributed by atoms with Crippen molar-refractivity contribution in [3.05, 3.63) is 6.33 Å². The number of imidazole rings is 1. The third kappa shape index (κ3) is 3.16. The minimum atomic E-state index is 0.526. The lowest BCUT2D eigenvalue weighted by Crippen LogP contribution is -2.32. The Kier molecular flexibility index (Phi) is 4.73. The average Bonchev–Trinajstić information content (AvgIpc) is 2.90. The molecular weight excluding hydrogens is 256 g/mol. The maximum absolute atomic E-state index is 5.20. The molecule has 0 atom stereocenters. The number of hydrogen-bond acceptors (Lipinski definition) is 6. The van der Waals surface area contributed by atoms with E-state index in [0.717, 1.165) is 24.4 Å². The Morgan fingerprint density at radius 3 is 2.85 bits per heavy atom. The van der Waals surface area contributed by atoms with Crippen molar-refractivity contribution < 1.29 is 4.74 Å². The Balaban J connectivity index is 2.41. The summed E-state index contributed by atoms with van der Waals surface area (Å²) in [4.78, 5) is 18.5. The molecular formula is C13H22N6O. The molecule has 0 aliphatic rings. The highest BCUT2D eigenvalue weighted by Crippen LogP contribution is 2.23. The standard InChI is InChI=1S/C13H22N6O/c1-9(2)7-19(5-6-20-4)12-10-11(16-8-15-10)17-13(14-3)18-12/h8-9H,5-7H2,1-4H3,(H2,14,15,16,17,18). The van der Waals surface area contributed by atoms with Crippen molar-refractivity contribution in [1.82, 2.24) is 19.9 Å². The number of H-pyrrole nitrogens is 1. The lowest BCUT2D eigenvalue weighted by molar-refractivity contribution is 0.204. The molecule has 2 N–H and O–H groups in total. The smallest absolute Gasteiger partial charge is 0.226 e. The van der Waals surface area contributed by atoms with E-state index in [0.29, 0.717) is 24.1 Å². The molecule has 0 saturated carbocycles. The maximum atomic E-state index is 5.20. The molecule has 0 radical (unpaired) electrons. The number of nitrogens with one attached hydrogen (secondary N) is 2. The number of nitrogens with zero attached hydrogens (tertiary/aromatic N) is 4. The van der Waals surface area contributed by atoms with Crippen molar-refractivity contribution in [3.63, 3.8) is 0 Å². The van der Waals surface area contributed by atoms with Crippen LogP contribution in [0.4, 0.5) is 11.8 Å². The van der Waals surface area contributed by atoms with Gasteiger partial charge in [-0.25, -0.2) is 4.98 Å². The summed E-state index contributed by atoms with van der Waals surface area (Å²) in [6.45, 7) is 6.70. The molecule has 7 nitrogen and oxygen atoms in total. The van der Waals surface area contributed by atoms with E-state index < -0.39 is 0 Å². The number of methoxy groups -OCH3 is 1. The molecule has 0 saturated heterocycles. The van der Waals surface area contributed by atoms with Gasteiger partial charge in [-0.1, -0.05) is 13.8 Å². The Morgan fingerprint density at radius 1 is 1.40 bits per heavy atom. The molecule has 0 aromatic carbocycles. The Morgan fingerprint density at radius 2 is 2.20 bits per heavy atom. The van der Waals surface area contributed by atoms with Gasteiger partial charge in [-0.2, -0.15) is 9.97 Å². The van der Waals surface area contributed by atoms with Crippen molar-refractivity contribution in [2.75, 3.05) is 44.1 Å². The second kappa shape index (κ2) is 6.51. The van der Waals surface area contributed by atoms with Crippen molar-refractivity contribution in [1.29, 1.82) is 0 Å². The topological polar surface area (TPSA) is 79.0 Å². The SMILES string of the molecule is CNc1nc(N(CCOC)CC(C)C)c2[nH]cnc2n1. The van der Waals surface area contributed by atoms with Crippen LogP contribution in [0.1, 0.15) is 13.8 Å². The van der Waals surface area contributed by atoms with E-state index in [1.807, 2.05) is 0 Å². The summed E-state index contributed by atoms with van der Waals surface area (Å²) in [6, 6.07) is 0. The van der Waals surface area contributed by atoms with E-state index in [1.165, 1.54) is 0 Å². The van der Waals surface area contributed by atoms with Crippen LogP contribution in [0.5, 0.6) is 0 Å². The van der Waals surface area contributed by atoms with Gasteiger partial charge in [-0.3, -0.25) is 0 Å². The lowest BCUT2D eigenvalue weighted by Gasteiger charge is -2.25. The summed E-state index contributed by atoms with van der Waals surface area (Å²) >= 11 is 0. The second-order valence-electron chi connectivity index (χ2n) is 5.05. The van der Waals surface area contributed by atoms with Gasteiger partial charge in [-0.05, 0) is 5.92 Å². The van der Waals surface area contributed by atoms with Gasteiger partial charge in [0.2, 0.25) is 5.95 Å². The number of ether oxygens (including phenoxy) is 1. The molecule has 0 bridgehead atoms. The first kappa shape index (κ1) is 14.5. The molecule has 0 unspecified atom stereocenters. The van der Waals surface area contributed by atoms with Gasteiger partial charge >= 0.3 is 0 Å². The van der Waals surface area contributed by atoms with E-state index in [2.05, 4.69) is 44.0 Å². The first-order valence-electron chi connectivity index (χ1n) is 6.78. The zero-order valence-electron chi connectivity index (χ0n) is 12.5. The number of hydrogen-bond donors (Lipinski definition) is 2. The van der Waals surface area contributed by atoms with Crippen LogP contribution in [-0.4, -0.2) is 53.8 Å². The van der Waals surface area contributed by atoms with Crippen LogP contribution in [0.2, 0.25) is 0 Å². The predicted octanol–water partition coefficient (Wildman–Crippen LogP) is 1.50. The molecule has 0 fully saturated rings. The van der Waals surface area contributed by atoms with Gasteiger partial charge in [-0.15, -0.1) is 0 Å². The Bertz CT molecular complexity index is 553. The fourth-order valence-electron chi connectivity index (χ4n) is 2.08. The quantitative estimate of drug-likeness (QED) is 0.799. The van der Waals surface area contributed by atoms with Crippen LogP contribution in [0.3, 0.4) is 0 Å². The van der Waals surface area contributed by atoms with E-state index in [4.69, 9.17) is 4.74 Å².